The molecule has 1 atom stereocenters. The van der Waals surface area contributed by atoms with Crippen LogP contribution in [0.2, 0.25) is 0 Å². The third kappa shape index (κ3) is 16.4. The van der Waals surface area contributed by atoms with Crippen molar-refractivity contribution in [3.8, 4) is 0 Å². The van der Waals surface area contributed by atoms with Crippen LogP contribution in [0.4, 0.5) is 0 Å². The van der Waals surface area contributed by atoms with Crippen LogP contribution in [-0.4, -0.2) is 11.7 Å². The Kier molecular flexibility index (Phi) is 15.5. The second kappa shape index (κ2) is 16.1. The molecule has 26 heavy (non-hydrogen) atoms. The van der Waals surface area contributed by atoms with Gasteiger partial charge in [0.25, 0.3) is 0 Å². The zero-order valence-electron chi connectivity index (χ0n) is 18.4. The maximum Gasteiger partial charge on any atom is 0.0433 e. The molecule has 1 nitrogen and oxygen atoms in total. The molecule has 0 saturated carbocycles. The van der Waals surface area contributed by atoms with Gasteiger partial charge in [-0.1, -0.05) is 53.5 Å². The fourth-order valence-corrected chi connectivity index (χ4v) is 2.97. The summed E-state index contributed by atoms with van der Waals surface area (Å²) in [6, 6.07) is 0. The van der Waals surface area contributed by atoms with Crippen LogP contribution in [0.25, 0.3) is 0 Å². The fourth-order valence-electron chi connectivity index (χ4n) is 2.97. The summed E-state index contributed by atoms with van der Waals surface area (Å²) < 4.78 is 0. The molecule has 0 aliphatic rings. The van der Waals surface area contributed by atoms with E-state index in [1.165, 1.54) is 60.8 Å². The van der Waals surface area contributed by atoms with Crippen molar-refractivity contribution in [3.63, 3.8) is 0 Å². The van der Waals surface area contributed by atoms with Crippen molar-refractivity contribution < 1.29 is 5.11 Å². The second-order valence-electron chi connectivity index (χ2n) is 8.24. The summed E-state index contributed by atoms with van der Waals surface area (Å²) in [5, 5.41) is 8.94. The summed E-state index contributed by atoms with van der Waals surface area (Å²) >= 11 is 0. The minimum Gasteiger partial charge on any atom is -0.396 e. The summed E-state index contributed by atoms with van der Waals surface area (Å²) in [7, 11) is 0. The zero-order valence-corrected chi connectivity index (χ0v) is 18.4. The van der Waals surface area contributed by atoms with Gasteiger partial charge >= 0.3 is 0 Å². The van der Waals surface area contributed by atoms with Crippen molar-refractivity contribution in [1.29, 1.82) is 0 Å². The number of rotatable bonds is 14. The molecule has 0 fully saturated rings. The Labute approximate surface area is 164 Å². The van der Waals surface area contributed by atoms with Crippen LogP contribution in [-0.2, 0) is 0 Å². The number of hydrogen-bond acceptors (Lipinski definition) is 1. The topological polar surface area (TPSA) is 20.2 Å². The lowest BCUT2D eigenvalue weighted by Crippen LogP contribution is -1.97. The summed E-state index contributed by atoms with van der Waals surface area (Å²) in [6.45, 7) is 13.7. The quantitative estimate of drug-likeness (QED) is 0.312. The Morgan fingerprint density at radius 3 is 1.50 bits per heavy atom. The second-order valence-corrected chi connectivity index (χ2v) is 8.24. The third-order valence-corrected chi connectivity index (χ3v) is 4.93. The lowest BCUT2D eigenvalue weighted by molar-refractivity contribution is 0.259. The van der Waals surface area contributed by atoms with Gasteiger partial charge < -0.3 is 5.11 Å². The van der Waals surface area contributed by atoms with E-state index in [2.05, 4.69) is 65.8 Å². The highest BCUT2D eigenvalue weighted by atomic mass is 16.3. The molecule has 1 heteroatoms. The number of hydrogen-bond donors (Lipinski definition) is 1. The molecule has 0 aromatic heterocycles. The predicted molar refractivity (Wildman–Crippen MR) is 119 cm³/mol. The highest BCUT2D eigenvalue weighted by molar-refractivity contribution is 5.07. The van der Waals surface area contributed by atoms with E-state index in [-0.39, 0.29) is 0 Å². The van der Waals surface area contributed by atoms with E-state index in [4.69, 9.17) is 5.11 Å². The Morgan fingerprint density at radius 1 is 0.654 bits per heavy atom. The van der Waals surface area contributed by atoms with Crippen LogP contribution >= 0.6 is 0 Å². The van der Waals surface area contributed by atoms with Gasteiger partial charge in [-0.05, 0) is 98.3 Å². The van der Waals surface area contributed by atoms with Crippen molar-refractivity contribution in [2.45, 2.75) is 99.3 Å². The molecule has 0 radical (unpaired) electrons. The molecule has 0 saturated heterocycles. The molecule has 0 aromatic rings. The molecule has 0 aromatic carbocycles. The van der Waals surface area contributed by atoms with Gasteiger partial charge in [0, 0.05) is 6.61 Å². The van der Waals surface area contributed by atoms with Gasteiger partial charge in [0.15, 0.2) is 0 Å². The first kappa shape index (κ1) is 24.9. The van der Waals surface area contributed by atoms with Gasteiger partial charge in [0.05, 0.1) is 0 Å². The molecule has 0 rings (SSSR count). The van der Waals surface area contributed by atoms with Gasteiger partial charge in [-0.25, -0.2) is 0 Å². The maximum absolute atomic E-state index is 8.94. The molecule has 0 heterocycles. The summed E-state index contributed by atoms with van der Waals surface area (Å²) in [4.78, 5) is 0. The largest absolute Gasteiger partial charge is 0.396 e. The van der Waals surface area contributed by atoms with Crippen LogP contribution in [0.15, 0.2) is 46.6 Å². The van der Waals surface area contributed by atoms with E-state index in [9.17, 15) is 0 Å². The van der Waals surface area contributed by atoms with Crippen LogP contribution in [0, 0.1) is 5.92 Å². The highest BCUT2D eigenvalue weighted by Crippen LogP contribution is 2.15. The molecule has 0 amide bonds. The van der Waals surface area contributed by atoms with Crippen LogP contribution in [0.3, 0.4) is 0 Å². The number of allylic oxidation sites excluding steroid dienone is 8. The Balaban J connectivity index is 3.97. The monoisotopic (exact) mass is 360 g/mol. The zero-order chi connectivity index (χ0) is 19.8. The van der Waals surface area contributed by atoms with E-state index in [0.29, 0.717) is 12.5 Å². The predicted octanol–water partition coefficient (Wildman–Crippen LogP) is 7.93. The molecular weight excluding hydrogens is 316 g/mol. The summed E-state index contributed by atoms with van der Waals surface area (Å²) in [6.07, 6.45) is 19.8. The number of aliphatic hydroxyl groups is 1. The van der Waals surface area contributed by atoms with E-state index >= 15 is 0 Å². The molecule has 0 spiro atoms. The van der Waals surface area contributed by atoms with Crippen molar-refractivity contribution in [3.05, 3.63) is 46.6 Å². The molecule has 1 unspecified atom stereocenters. The van der Waals surface area contributed by atoms with Crippen molar-refractivity contribution >= 4 is 0 Å². The van der Waals surface area contributed by atoms with Gasteiger partial charge in [-0.2, -0.15) is 0 Å². The Morgan fingerprint density at radius 2 is 1.08 bits per heavy atom. The molecule has 0 aliphatic heterocycles. The summed E-state index contributed by atoms with van der Waals surface area (Å²) in [5.41, 5.74) is 5.95. The average Bonchev–Trinajstić information content (AvgIpc) is 2.54. The van der Waals surface area contributed by atoms with Crippen molar-refractivity contribution in [2.75, 3.05) is 6.61 Å². The van der Waals surface area contributed by atoms with E-state index in [1.54, 1.807) is 0 Å². The first-order valence-electron chi connectivity index (χ1n) is 10.6. The standard InChI is InChI=1S/C25H44O/c1-21(2)11-7-12-22(3)13-8-14-23(4)15-9-16-24(5)17-10-18-25(6)19-20-26/h11,13,15,17,25-26H,7-10,12,14,16,18-20H2,1-6H3/b22-13?,23-15?,24-17-. The van der Waals surface area contributed by atoms with E-state index in [0.717, 1.165) is 19.3 Å². The van der Waals surface area contributed by atoms with E-state index in [1.807, 2.05) is 0 Å². The smallest absolute Gasteiger partial charge is 0.0433 e. The Bertz CT molecular complexity index is 472. The van der Waals surface area contributed by atoms with Crippen LogP contribution in [0.1, 0.15) is 99.3 Å². The third-order valence-electron chi connectivity index (χ3n) is 4.93. The lowest BCUT2D eigenvalue weighted by Gasteiger charge is -2.07. The summed E-state index contributed by atoms with van der Waals surface area (Å²) in [5.74, 6) is 0.629. The maximum atomic E-state index is 8.94. The lowest BCUT2D eigenvalue weighted by atomic mass is 10.0. The molecule has 1 N–H and O–H groups in total. The fraction of sp³-hybridized carbons (Fsp3) is 0.680. The SMILES string of the molecule is CC(C)=CCCC(C)=CCCC(C)=CCC/C(C)=C\CCC(C)CCO. The first-order valence-corrected chi connectivity index (χ1v) is 10.6. The van der Waals surface area contributed by atoms with Gasteiger partial charge in [-0.3, -0.25) is 0 Å². The minimum absolute atomic E-state index is 0.318. The van der Waals surface area contributed by atoms with Gasteiger partial charge in [-0.15, -0.1) is 0 Å². The average molecular weight is 361 g/mol. The normalized spacial score (nSPS) is 14.5. The number of aliphatic hydroxyl groups excluding tert-OH is 1. The highest BCUT2D eigenvalue weighted by Gasteiger charge is 1.99. The molecular formula is C25H44O. The first-order chi connectivity index (χ1) is 12.3. The van der Waals surface area contributed by atoms with Crippen LogP contribution in [0.5, 0.6) is 0 Å². The minimum atomic E-state index is 0.318. The molecule has 0 bridgehead atoms. The Hall–Kier alpha value is -1.08. The van der Waals surface area contributed by atoms with Crippen molar-refractivity contribution in [1.82, 2.24) is 0 Å². The van der Waals surface area contributed by atoms with E-state index < -0.39 is 0 Å². The van der Waals surface area contributed by atoms with Gasteiger partial charge in [0.1, 0.15) is 0 Å². The van der Waals surface area contributed by atoms with Gasteiger partial charge in [0.2, 0.25) is 0 Å². The molecule has 150 valence electrons. The van der Waals surface area contributed by atoms with Crippen LogP contribution < -0.4 is 0 Å². The molecule has 0 aliphatic carbocycles. The van der Waals surface area contributed by atoms with Crippen molar-refractivity contribution in [2.24, 2.45) is 5.92 Å².